The lowest BCUT2D eigenvalue weighted by atomic mass is 9.45. The van der Waals surface area contributed by atoms with Crippen LogP contribution in [0.4, 0.5) is 17.1 Å². The Balaban J connectivity index is 1.36. The summed E-state index contributed by atoms with van der Waals surface area (Å²) in [6, 6.07) is 41.6. The maximum atomic E-state index is 6.80. The Hall–Kier alpha value is -5.33. The van der Waals surface area contributed by atoms with E-state index in [1.54, 1.807) is 0 Å². The van der Waals surface area contributed by atoms with Gasteiger partial charge in [-0.3, -0.25) is 0 Å². The number of para-hydroxylation sites is 5. The Labute approximate surface area is 255 Å². The molecule has 0 bridgehead atoms. The smallest absolute Gasteiger partial charge is 0.336 e. The molecule has 9 aromatic rings. The average molecular weight is 578 g/mol. The van der Waals surface area contributed by atoms with Crippen LogP contribution in [0.25, 0.3) is 66.0 Å². The van der Waals surface area contributed by atoms with Crippen LogP contribution >= 0.6 is 11.8 Å². The molecule has 12 rings (SSSR count). The van der Waals surface area contributed by atoms with E-state index in [1.165, 1.54) is 65.2 Å². The normalized spacial score (nSPS) is 14.2. The lowest BCUT2D eigenvalue weighted by Gasteiger charge is -2.43. The van der Waals surface area contributed by atoms with E-state index < -0.39 is 0 Å². The van der Waals surface area contributed by atoms with Crippen molar-refractivity contribution in [2.45, 2.75) is 9.79 Å². The van der Waals surface area contributed by atoms with Crippen LogP contribution in [-0.2, 0) is 0 Å². The summed E-state index contributed by atoms with van der Waals surface area (Å²) in [5.74, 6) is 0. The van der Waals surface area contributed by atoms with E-state index in [-0.39, 0.29) is 6.85 Å². The number of hydrogen-bond donors (Lipinski definition) is 0. The van der Waals surface area contributed by atoms with Gasteiger partial charge in [-0.1, -0.05) is 90.6 Å². The molecule has 0 atom stereocenters. The van der Waals surface area contributed by atoms with Gasteiger partial charge in [0.25, 0.3) is 0 Å². The first-order chi connectivity index (χ1) is 21.8. The molecule has 3 aromatic heterocycles. The fourth-order valence-corrected chi connectivity index (χ4v) is 9.43. The monoisotopic (exact) mass is 578 g/mol. The summed E-state index contributed by atoms with van der Waals surface area (Å²) in [6.45, 7) is -0.0786. The van der Waals surface area contributed by atoms with Crippen LogP contribution in [-0.4, -0.2) is 11.3 Å². The molecule has 0 saturated heterocycles. The summed E-state index contributed by atoms with van der Waals surface area (Å²) in [6.07, 6.45) is 0. The number of fused-ring (bicyclic) bond motifs is 15. The maximum absolute atomic E-state index is 6.80. The van der Waals surface area contributed by atoms with E-state index in [9.17, 15) is 0 Å². The van der Waals surface area contributed by atoms with Crippen molar-refractivity contribution >= 4 is 102 Å². The predicted octanol–water partition coefficient (Wildman–Crippen LogP) is 9.32. The fraction of sp³-hybridized carbons (Fsp3) is 0. The Kier molecular flexibility index (Phi) is 3.75. The molecule has 44 heavy (non-hydrogen) atoms. The summed E-state index contributed by atoms with van der Waals surface area (Å²) in [4.78, 5) is 5.05. The second kappa shape index (κ2) is 7.41. The lowest BCUT2D eigenvalue weighted by Crippen LogP contribution is -2.57. The summed E-state index contributed by atoms with van der Waals surface area (Å²) in [7, 11) is 0. The van der Waals surface area contributed by atoms with E-state index in [0.29, 0.717) is 0 Å². The SMILES string of the molecule is c1ccc2c(c1)Sc1cccc3c1N2c1cc2c(oc4ccccc42)c2c1B3n1c3oc4ccccc4c3c3cccc-2c31. The van der Waals surface area contributed by atoms with Crippen molar-refractivity contribution in [3.05, 3.63) is 115 Å². The molecule has 0 aliphatic carbocycles. The predicted molar refractivity (Wildman–Crippen MR) is 181 cm³/mol. The van der Waals surface area contributed by atoms with Gasteiger partial charge in [0.1, 0.15) is 16.7 Å². The van der Waals surface area contributed by atoms with Gasteiger partial charge < -0.3 is 18.2 Å². The van der Waals surface area contributed by atoms with Crippen molar-refractivity contribution in [2.75, 3.05) is 4.90 Å². The number of anilines is 3. The minimum Gasteiger partial charge on any atom is -0.455 e. The molecule has 0 unspecified atom stereocenters. The zero-order valence-electron chi connectivity index (χ0n) is 23.2. The summed E-state index contributed by atoms with van der Waals surface area (Å²) in [5.41, 5.74) is 13.5. The molecule has 0 amide bonds. The maximum Gasteiger partial charge on any atom is 0.336 e. The summed E-state index contributed by atoms with van der Waals surface area (Å²) >= 11 is 1.86. The molecule has 202 valence electrons. The molecule has 3 aliphatic rings. The first kappa shape index (κ1) is 22.2. The van der Waals surface area contributed by atoms with Gasteiger partial charge in [0.15, 0.2) is 5.71 Å². The van der Waals surface area contributed by atoms with Gasteiger partial charge in [0, 0.05) is 53.7 Å². The van der Waals surface area contributed by atoms with Crippen molar-refractivity contribution in [3.63, 3.8) is 0 Å². The zero-order valence-corrected chi connectivity index (χ0v) is 24.0. The van der Waals surface area contributed by atoms with Crippen molar-refractivity contribution in [1.29, 1.82) is 0 Å². The largest absolute Gasteiger partial charge is 0.455 e. The Morgan fingerprint density at radius 1 is 0.614 bits per heavy atom. The van der Waals surface area contributed by atoms with E-state index in [4.69, 9.17) is 8.83 Å². The topological polar surface area (TPSA) is 34.5 Å². The second-order valence-corrected chi connectivity index (χ2v) is 13.1. The van der Waals surface area contributed by atoms with Crippen LogP contribution in [0.1, 0.15) is 0 Å². The molecule has 0 fully saturated rings. The van der Waals surface area contributed by atoms with Crippen LogP contribution in [0, 0.1) is 0 Å². The van der Waals surface area contributed by atoms with Crippen LogP contribution in [0.15, 0.2) is 134 Å². The molecule has 3 aliphatic heterocycles. The van der Waals surface area contributed by atoms with E-state index in [2.05, 4.69) is 125 Å². The third-order valence-electron chi connectivity index (χ3n) is 9.95. The quantitative estimate of drug-likeness (QED) is 0.168. The molecule has 0 saturated carbocycles. The molecular formula is C38H19BN2O2S. The first-order valence-corrected chi connectivity index (χ1v) is 15.8. The van der Waals surface area contributed by atoms with Gasteiger partial charge >= 0.3 is 6.85 Å². The highest BCUT2D eigenvalue weighted by molar-refractivity contribution is 7.99. The number of aromatic nitrogens is 1. The summed E-state index contributed by atoms with van der Waals surface area (Å²) < 4.78 is 16.1. The molecule has 0 N–H and O–H groups in total. The molecule has 6 heterocycles. The van der Waals surface area contributed by atoms with Crippen molar-refractivity contribution in [3.8, 4) is 11.1 Å². The first-order valence-electron chi connectivity index (χ1n) is 15.0. The second-order valence-electron chi connectivity index (χ2n) is 12.0. The zero-order chi connectivity index (χ0) is 28.3. The van der Waals surface area contributed by atoms with Crippen molar-refractivity contribution in [1.82, 2.24) is 4.48 Å². The van der Waals surface area contributed by atoms with Gasteiger partial charge in [-0.25, -0.2) is 0 Å². The Morgan fingerprint density at radius 2 is 1.36 bits per heavy atom. The number of nitrogens with zero attached hydrogens (tertiary/aromatic N) is 2. The average Bonchev–Trinajstić information content (AvgIpc) is 3.73. The number of benzene rings is 6. The van der Waals surface area contributed by atoms with Gasteiger partial charge in [-0.2, -0.15) is 0 Å². The Bertz CT molecular complexity index is 2790. The minimum atomic E-state index is -0.0786. The van der Waals surface area contributed by atoms with Crippen LogP contribution in [0.5, 0.6) is 0 Å². The molecule has 0 spiro atoms. The van der Waals surface area contributed by atoms with Gasteiger partial charge in [-0.05, 0) is 47.3 Å². The fourth-order valence-electron chi connectivity index (χ4n) is 8.33. The van der Waals surface area contributed by atoms with E-state index in [1.807, 2.05) is 11.8 Å². The van der Waals surface area contributed by atoms with Gasteiger partial charge in [-0.15, -0.1) is 0 Å². The Morgan fingerprint density at radius 3 is 2.30 bits per heavy atom. The third kappa shape index (κ3) is 2.39. The number of rotatable bonds is 0. The highest BCUT2D eigenvalue weighted by Gasteiger charge is 2.47. The highest BCUT2D eigenvalue weighted by atomic mass is 32.2. The molecule has 0 radical (unpaired) electrons. The minimum absolute atomic E-state index is 0.0786. The van der Waals surface area contributed by atoms with Crippen LogP contribution in [0.2, 0.25) is 0 Å². The molecule has 6 aromatic carbocycles. The third-order valence-corrected chi connectivity index (χ3v) is 11.1. The van der Waals surface area contributed by atoms with Crippen molar-refractivity contribution in [2.24, 2.45) is 0 Å². The highest BCUT2D eigenvalue weighted by Crippen LogP contribution is 2.55. The van der Waals surface area contributed by atoms with Crippen LogP contribution in [0.3, 0.4) is 0 Å². The van der Waals surface area contributed by atoms with Crippen LogP contribution < -0.4 is 15.8 Å². The number of furan rings is 2. The van der Waals surface area contributed by atoms with Gasteiger partial charge in [0.05, 0.1) is 16.8 Å². The molecular weight excluding hydrogens is 559 g/mol. The standard InChI is InChI=1S/C38H19BN2O2S/c1-4-15-28-20(9-1)24-19-27-34-33(37(24)42-28)23-12-7-11-22-32-21-10-2-5-16-29(21)43-38(32)41(35(22)23)39(34)25-13-8-18-31-36(25)40(27)26-14-3-6-17-30(26)44-31/h1-19H. The van der Waals surface area contributed by atoms with Gasteiger partial charge in [0.2, 0.25) is 0 Å². The summed E-state index contributed by atoms with van der Waals surface area (Å²) in [5, 5.41) is 5.84. The molecule has 6 heteroatoms. The van der Waals surface area contributed by atoms with Crippen molar-refractivity contribution < 1.29 is 8.83 Å². The molecule has 4 nitrogen and oxygen atoms in total. The van der Waals surface area contributed by atoms with E-state index >= 15 is 0 Å². The number of hydrogen-bond acceptors (Lipinski definition) is 4. The van der Waals surface area contributed by atoms with E-state index in [0.717, 1.165) is 38.6 Å². The lowest BCUT2D eigenvalue weighted by molar-refractivity contribution is 0.650.